The molecule has 0 aromatic heterocycles. The SMILES string of the molecule is CC1CC(NC(=O)C2CC(F)(F)CN2)C(=O)N1c1ccccc1. The Balaban J connectivity index is 1.66. The molecule has 2 amide bonds. The first-order chi connectivity index (χ1) is 10.9. The number of nitrogens with zero attached hydrogens (tertiary/aromatic N) is 1. The number of hydrogen-bond donors (Lipinski definition) is 2. The number of anilines is 1. The molecule has 3 atom stereocenters. The minimum absolute atomic E-state index is 0.0619. The third-order valence-corrected chi connectivity index (χ3v) is 4.33. The van der Waals surface area contributed by atoms with Crippen LogP contribution >= 0.6 is 0 Å². The van der Waals surface area contributed by atoms with Gasteiger partial charge in [0, 0.05) is 18.2 Å². The largest absolute Gasteiger partial charge is 0.343 e. The van der Waals surface area contributed by atoms with E-state index >= 15 is 0 Å². The van der Waals surface area contributed by atoms with Gasteiger partial charge in [-0.25, -0.2) is 8.78 Å². The smallest absolute Gasteiger partial charge is 0.262 e. The third-order valence-electron chi connectivity index (χ3n) is 4.33. The van der Waals surface area contributed by atoms with Crippen molar-refractivity contribution >= 4 is 17.5 Å². The number of hydrogen-bond acceptors (Lipinski definition) is 3. The van der Waals surface area contributed by atoms with Gasteiger partial charge < -0.3 is 10.2 Å². The summed E-state index contributed by atoms with van der Waals surface area (Å²) in [4.78, 5) is 26.3. The van der Waals surface area contributed by atoms with Crippen LogP contribution < -0.4 is 15.5 Å². The van der Waals surface area contributed by atoms with Crippen LogP contribution in [0.3, 0.4) is 0 Å². The Bertz CT molecular complexity index is 609. The van der Waals surface area contributed by atoms with Gasteiger partial charge in [0.15, 0.2) is 0 Å². The molecule has 0 bridgehead atoms. The van der Waals surface area contributed by atoms with E-state index in [1.54, 1.807) is 4.90 Å². The van der Waals surface area contributed by atoms with Gasteiger partial charge in [0.1, 0.15) is 6.04 Å². The van der Waals surface area contributed by atoms with Gasteiger partial charge in [0.05, 0.1) is 12.6 Å². The lowest BCUT2D eigenvalue weighted by atomic mass is 10.1. The van der Waals surface area contributed by atoms with E-state index in [2.05, 4.69) is 10.6 Å². The van der Waals surface area contributed by atoms with E-state index in [-0.39, 0.29) is 11.9 Å². The van der Waals surface area contributed by atoms with E-state index in [0.29, 0.717) is 6.42 Å². The Kier molecular flexibility index (Phi) is 4.06. The van der Waals surface area contributed by atoms with Crippen LogP contribution in [-0.2, 0) is 9.59 Å². The summed E-state index contributed by atoms with van der Waals surface area (Å²) >= 11 is 0. The zero-order valence-corrected chi connectivity index (χ0v) is 12.8. The standard InChI is InChI=1S/C16H19F2N3O2/c1-10-7-12(15(23)21(10)11-5-3-2-4-6-11)20-14(22)13-8-16(17,18)9-19-13/h2-6,10,12-13,19H,7-9H2,1H3,(H,20,22). The molecular formula is C16H19F2N3O2. The maximum absolute atomic E-state index is 13.2. The molecule has 7 heteroatoms. The van der Waals surface area contributed by atoms with Crippen molar-refractivity contribution in [1.29, 1.82) is 0 Å². The summed E-state index contributed by atoms with van der Waals surface area (Å²) in [5.41, 5.74) is 0.771. The number of halogens is 2. The second-order valence-electron chi connectivity index (χ2n) is 6.18. The third kappa shape index (κ3) is 3.19. The summed E-state index contributed by atoms with van der Waals surface area (Å²) in [6.07, 6.45) is -0.0692. The van der Waals surface area contributed by atoms with Crippen LogP contribution in [0.1, 0.15) is 19.8 Å². The van der Waals surface area contributed by atoms with Crippen molar-refractivity contribution in [2.24, 2.45) is 0 Å². The number of alkyl halides is 2. The predicted molar refractivity (Wildman–Crippen MR) is 81.3 cm³/mol. The van der Waals surface area contributed by atoms with Crippen molar-refractivity contribution in [3.05, 3.63) is 30.3 Å². The van der Waals surface area contributed by atoms with Crippen LogP contribution in [0.2, 0.25) is 0 Å². The maximum Gasteiger partial charge on any atom is 0.262 e. The van der Waals surface area contributed by atoms with Crippen LogP contribution in [0.5, 0.6) is 0 Å². The van der Waals surface area contributed by atoms with Crippen molar-refractivity contribution in [3.63, 3.8) is 0 Å². The average molecular weight is 323 g/mol. The molecular weight excluding hydrogens is 304 g/mol. The van der Waals surface area contributed by atoms with Gasteiger partial charge in [-0.1, -0.05) is 18.2 Å². The molecule has 0 aliphatic carbocycles. The number of carbonyl (C=O) groups excluding carboxylic acids is 2. The van der Waals surface area contributed by atoms with Gasteiger partial charge in [-0.15, -0.1) is 0 Å². The summed E-state index contributed by atoms with van der Waals surface area (Å²) in [6.45, 7) is 1.40. The fourth-order valence-electron chi connectivity index (χ4n) is 3.20. The fraction of sp³-hybridized carbons (Fsp3) is 0.500. The van der Waals surface area contributed by atoms with Crippen LogP contribution in [0, 0.1) is 0 Å². The predicted octanol–water partition coefficient (Wildman–Crippen LogP) is 1.29. The molecule has 1 aromatic rings. The normalized spacial score (nSPS) is 29.8. The molecule has 3 unspecified atom stereocenters. The Morgan fingerprint density at radius 2 is 2.04 bits per heavy atom. The highest BCUT2D eigenvalue weighted by Crippen LogP contribution is 2.28. The second kappa shape index (κ2) is 5.88. The highest BCUT2D eigenvalue weighted by atomic mass is 19.3. The Morgan fingerprint density at radius 3 is 2.65 bits per heavy atom. The van der Waals surface area contributed by atoms with Crippen molar-refractivity contribution in [3.8, 4) is 0 Å². The second-order valence-corrected chi connectivity index (χ2v) is 6.18. The summed E-state index contributed by atoms with van der Waals surface area (Å²) in [6, 6.07) is 7.52. The molecule has 2 fully saturated rings. The first kappa shape index (κ1) is 15.9. The molecule has 5 nitrogen and oxygen atoms in total. The number of carbonyl (C=O) groups is 2. The molecule has 2 N–H and O–H groups in total. The molecule has 1 aromatic carbocycles. The number of rotatable bonds is 3. The molecule has 0 saturated carbocycles. The number of para-hydroxylation sites is 1. The molecule has 2 heterocycles. The monoisotopic (exact) mass is 323 g/mol. The van der Waals surface area contributed by atoms with Crippen molar-refractivity contribution in [1.82, 2.24) is 10.6 Å². The Hall–Kier alpha value is -2.02. The Morgan fingerprint density at radius 1 is 1.35 bits per heavy atom. The molecule has 0 spiro atoms. The van der Waals surface area contributed by atoms with E-state index in [1.807, 2.05) is 37.3 Å². The van der Waals surface area contributed by atoms with Crippen molar-refractivity contribution in [2.45, 2.75) is 43.8 Å². The summed E-state index contributed by atoms with van der Waals surface area (Å²) in [5, 5.41) is 5.12. The van der Waals surface area contributed by atoms with E-state index in [4.69, 9.17) is 0 Å². The summed E-state index contributed by atoms with van der Waals surface area (Å²) in [7, 11) is 0. The number of benzene rings is 1. The average Bonchev–Trinajstić information content (AvgIpc) is 3.00. The van der Waals surface area contributed by atoms with Gasteiger partial charge in [-0.3, -0.25) is 14.9 Å². The highest BCUT2D eigenvalue weighted by Gasteiger charge is 2.44. The molecule has 23 heavy (non-hydrogen) atoms. The first-order valence-electron chi connectivity index (χ1n) is 7.67. The number of nitrogens with one attached hydrogen (secondary N) is 2. The molecule has 3 rings (SSSR count). The molecule has 2 saturated heterocycles. The molecule has 2 aliphatic rings. The first-order valence-corrected chi connectivity index (χ1v) is 7.67. The van der Waals surface area contributed by atoms with Crippen LogP contribution in [-0.4, -0.2) is 42.4 Å². The molecule has 0 radical (unpaired) electrons. The van der Waals surface area contributed by atoms with Crippen LogP contribution in [0.25, 0.3) is 0 Å². The zero-order chi connectivity index (χ0) is 16.6. The van der Waals surface area contributed by atoms with E-state index in [9.17, 15) is 18.4 Å². The summed E-state index contributed by atoms with van der Waals surface area (Å²) < 4.78 is 26.3. The summed E-state index contributed by atoms with van der Waals surface area (Å²) in [5.74, 6) is -3.62. The minimum atomic E-state index is -2.87. The highest BCUT2D eigenvalue weighted by molar-refractivity contribution is 6.02. The quantitative estimate of drug-likeness (QED) is 0.881. The fourth-order valence-corrected chi connectivity index (χ4v) is 3.20. The van der Waals surface area contributed by atoms with E-state index in [0.717, 1.165) is 5.69 Å². The van der Waals surface area contributed by atoms with Gasteiger partial charge >= 0.3 is 0 Å². The van der Waals surface area contributed by atoms with Gasteiger partial charge in [0.2, 0.25) is 11.8 Å². The van der Waals surface area contributed by atoms with Gasteiger partial charge in [0.25, 0.3) is 5.92 Å². The van der Waals surface area contributed by atoms with Crippen LogP contribution in [0.4, 0.5) is 14.5 Å². The lowest BCUT2D eigenvalue weighted by Crippen LogP contribution is -2.48. The van der Waals surface area contributed by atoms with Crippen LogP contribution in [0.15, 0.2) is 30.3 Å². The lowest BCUT2D eigenvalue weighted by molar-refractivity contribution is -0.128. The van der Waals surface area contributed by atoms with E-state index < -0.39 is 36.9 Å². The van der Waals surface area contributed by atoms with E-state index in [1.165, 1.54) is 0 Å². The molecule has 2 aliphatic heterocycles. The van der Waals surface area contributed by atoms with Crippen molar-refractivity contribution in [2.75, 3.05) is 11.4 Å². The topological polar surface area (TPSA) is 61.4 Å². The van der Waals surface area contributed by atoms with Crippen molar-refractivity contribution < 1.29 is 18.4 Å². The zero-order valence-electron chi connectivity index (χ0n) is 12.8. The van der Waals surface area contributed by atoms with Gasteiger partial charge in [-0.05, 0) is 25.5 Å². The maximum atomic E-state index is 13.2. The number of amides is 2. The molecule has 124 valence electrons. The minimum Gasteiger partial charge on any atom is -0.343 e. The lowest BCUT2D eigenvalue weighted by Gasteiger charge is -2.21. The Labute approximate surface area is 133 Å². The van der Waals surface area contributed by atoms with Gasteiger partial charge in [-0.2, -0.15) is 0 Å².